The lowest BCUT2D eigenvalue weighted by molar-refractivity contribution is 0.109. The molecule has 3 rings (SSSR count). The Balaban J connectivity index is 1.80. The largest absolute Gasteiger partial charge is 0.471 e. The van der Waals surface area contributed by atoms with Crippen molar-refractivity contribution >= 4 is 19.4 Å². The number of nitrogens with zero attached hydrogens (tertiary/aromatic N) is 3. The minimum atomic E-state index is -4.15. The van der Waals surface area contributed by atoms with Crippen LogP contribution < -0.4 is 20.1 Å². The number of para-hydroxylation sites is 2. The van der Waals surface area contributed by atoms with Crippen LogP contribution in [0.4, 0.5) is 10.5 Å². The fourth-order valence-corrected chi connectivity index (χ4v) is 4.87. The summed E-state index contributed by atoms with van der Waals surface area (Å²) >= 11 is 0. The SMILES string of the molecule is [N-]=[N+]=NCCOCCNC(=O)OC(Cc1ccc(N)cc1)P(=O)(Oc1ccccc1)Oc1ccccc1. The number of benzene rings is 3. The van der Waals surface area contributed by atoms with E-state index in [0.29, 0.717) is 22.7 Å². The number of hydrogen-bond acceptors (Lipinski definition) is 8. The maximum absolute atomic E-state index is 14.3. The standard InChI is InChI=1S/C25H28N5O6P/c26-21-13-11-20(12-14-21)19-24(34-25(31)28-15-17-33-18-16-29-30-27)37(32,35-22-7-3-1-4-8-22)36-23-9-5-2-6-10-23/h1-14,24H,15-19,26H2,(H,28,31). The second kappa shape index (κ2) is 14.4. The first-order valence-corrected chi connectivity index (χ1v) is 13.1. The summed E-state index contributed by atoms with van der Waals surface area (Å²) in [4.78, 5) is 15.3. The molecule has 0 aromatic heterocycles. The number of alkyl carbamates (subject to hydrolysis) is 1. The van der Waals surface area contributed by atoms with E-state index in [9.17, 15) is 9.36 Å². The van der Waals surface area contributed by atoms with Crippen LogP contribution in [0.5, 0.6) is 11.5 Å². The van der Waals surface area contributed by atoms with Crippen LogP contribution in [0, 0.1) is 0 Å². The highest BCUT2D eigenvalue weighted by atomic mass is 31.2. The molecule has 1 amide bonds. The second-order valence-electron chi connectivity index (χ2n) is 7.65. The lowest BCUT2D eigenvalue weighted by atomic mass is 10.1. The fourth-order valence-electron chi connectivity index (χ4n) is 3.11. The van der Waals surface area contributed by atoms with Crippen LogP contribution in [0.2, 0.25) is 0 Å². The molecule has 3 N–H and O–H groups in total. The molecule has 0 bridgehead atoms. The van der Waals surface area contributed by atoms with Crippen LogP contribution in [0.3, 0.4) is 0 Å². The van der Waals surface area contributed by atoms with Crippen LogP contribution in [-0.4, -0.2) is 38.2 Å². The number of azide groups is 1. The van der Waals surface area contributed by atoms with E-state index < -0.39 is 19.5 Å². The molecule has 194 valence electrons. The van der Waals surface area contributed by atoms with Crippen LogP contribution >= 0.6 is 7.60 Å². The molecular weight excluding hydrogens is 497 g/mol. The highest BCUT2D eigenvalue weighted by Gasteiger charge is 2.43. The second-order valence-corrected chi connectivity index (χ2v) is 9.67. The Hall–Kier alpha value is -4.17. The Morgan fingerprint density at radius 1 is 0.946 bits per heavy atom. The summed E-state index contributed by atoms with van der Waals surface area (Å²) in [5.41, 5.74) is 15.3. The van der Waals surface area contributed by atoms with E-state index in [1.165, 1.54) is 0 Å². The predicted molar refractivity (Wildman–Crippen MR) is 139 cm³/mol. The first kappa shape index (κ1) is 27.4. The normalized spacial score (nSPS) is 11.6. The molecule has 12 heteroatoms. The van der Waals surface area contributed by atoms with Gasteiger partial charge in [0.05, 0.1) is 13.2 Å². The molecule has 3 aromatic rings. The minimum absolute atomic E-state index is 0.0350. The van der Waals surface area contributed by atoms with E-state index in [2.05, 4.69) is 15.3 Å². The van der Waals surface area contributed by atoms with E-state index in [4.69, 9.17) is 29.8 Å². The van der Waals surface area contributed by atoms with Crippen molar-refractivity contribution in [2.24, 2.45) is 5.11 Å². The van der Waals surface area contributed by atoms with Crippen LogP contribution in [0.15, 0.2) is 90.0 Å². The molecule has 37 heavy (non-hydrogen) atoms. The van der Waals surface area contributed by atoms with E-state index in [1.807, 2.05) is 0 Å². The molecule has 11 nitrogen and oxygen atoms in total. The lowest BCUT2D eigenvalue weighted by Crippen LogP contribution is -2.34. The number of anilines is 1. The molecule has 0 heterocycles. The van der Waals surface area contributed by atoms with Gasteiger partial charge in [-0.25, -0.2) is 9.36 Å². The monoisotopic (exact) mass is 525 g/mol. The third-order valence-electron chi connectivity index (χ3n) is 4.85. The number of nitrogens with two attached hydrogens (primary N) is 1. The number of nitrogens with one attached hydrogen (secondary N) is 1. The highest BCUT2D eigenvalue weighted by molar-refractivity contribution is 7.55. The van der Waals surface area contributed by atoms with Crippen molar-refractivity contribution in [2.45, 2.75) is 12.3 Å². The molecule has 0 aliphatic carbocycles. The van der Waals surface area contributed by atoms with Gasteiger partial charge in [0.1, 0.15) is 11.5 Å². The zero-order valence-electron chi connectivity index (χ0n) is 20.0. The van der Waals surface area contributed by atoms with E-state index in [-0.39, 0.29) is 32.7 Å². The molecule has 1 unspecified atom stereocenters. The summed E-state index contributed by atoms with van der Waals surface area (Å²) in [6.45, 7) is 0.678. The minimum Gasteiger partial charge on any atom is -0.430 e. The number of rotatable bonds is 14. The van der Waals surface area contributed by atoms with Crippen LogP contribution in [0.1, 0.15) is 5.56 Å². The quantitative estimate of drug-likeness (QED) is 0.0698. The number of hydrogen-bond donors (Lipinski definition) is 2. The summed E-state index contributed by atoms with van der Waals surface area (Å²) < 4.78 is 37.0. The molecule has 0 aliphatic rings. The molecule has 0 fully saturated rings. The molecule has 3 aromatic carbocycles. The van der Waals surface area contributed by atoms with Gasteiger partial charge in [0.2, 0.25) is 5.85 Å². The Morgan fingerprint density at radius 3 is 2.11 bits per heavy atom. The third-order valence-corrected chi connectivity index (χ3v) is 6.78. The van der Waals surface area contributed by atoms with E-state index in [0.717, 1.165) is 0 Å². The lowest BCUT2D eigenvalue weighted by Gasteiger charge is -2.27. The van der Waals surface area contributed by atoms with Gasteiger partial charge in [-0.3, -0.25) is 0 Å². The highest BCUT2D eigenvalue weighted by Crippen LogP contribution is 2.54. The average molecular weight is 526 g/mol. The number of nitrogen functional groups attached to an aromatic ring is 1. The third kappa shape index (κ3) is 9.42. The maximum atomic E-state index is 14.3. The van der Waals surface area contributed by atoms with Crippen molar-refractivity contribution in [1.82, 2.24) is 5.32 Å². The van der Waals surface area contributed by atoms with Crippen molar-refractivity contribution in [3.8, 4) is 11.5 Å². The molecule has 0 saturated carbocycles. The fraction of sp³-hybridized carbons (Fsp3) is 0.240. The Labute approximate surface area is 214 Å². The smallest absolute Gasteiger partial charge is 0.430 e. The Kier molecular flexibility index (Phi) is 10.7. The van der Waals surface area contributed by atoms with Crippen molar-refractivity contribution in [3.05, 3.63) is 101 Å². The van der Waals surface area contributed by atoms with Crippen molar-refractivity contribution in [1.29, 1.82) is 0 Å². The molecule has 1 atom stereocenters. The predicted octanol–water partition coefficient (Wildman–Crippen LogP) is 5.54. The molecule has 0 saturated heterocycles. The molecule has 0 spiro atoms. The van der Waals surface area contributed by atoms with E-state index >= 15 is 0 Å². The van der Waals surface area contributed by atoms with Gasteiger partial charge in [-0.2, -0.15) is 0 Å². The number of amides is 1. The molecule has 0 radical (unpaired) electrons. The van der Waals surface area contributed by atoms with E-state index in [1.54, 1.807) is 84.9 Å². The van der Waals surface area contributed by atoms with Gasteiger partial charge in [-0.1, -0.05) is 53.6 Å². The van der Waals surface area contributed by atoms with Crippen LogP contribution in [0.25, 0.3) is 10.4 Å². The van der Waals surface area contributed by atoms with Gasteiger partial charge in [0, 0.05) is 30.1 Å². The summed E-state index contributed by atoms with van der Waals surface area (Å²) in [5.74, 6) is -0.717. The van der Waals surface area contributed by atoms with Crippen LogP contribution in [-0.2, 0) is 20.5 Å². The van der Waals surface area contributed by atoms with Gasteiger partial charge in [-0.15, -0.1) is 0 Å². The number of carbonyl (C=O) groups is 1. The first-order valence-electron chi connectivity index (χ1n) is 11.4. The van der Waals surface area contributed by atoms with Crippen molar-refractivity contribution in [2.75, 3.05) is 32.0 Å². The topological polar surface area (TPSA) is 158 Å². The first-order chi connectivity index (χ1) is 18.0. The summed E-state index contributed by atoms with van der Waals surface area (Å²) in [6.07, 6.45) is -0.791. The van der Waals surface area contributed by atoms with Gasteiger partial charge in [-0.05, 0) is 47.5 Å². The number of carbonyl (C=O) groups excluding carboxylic acids is 1. The van der Waals surface area contributed by atoms with Crippen molar-refractivity contribution < 1.29 is 27.9 Å². The zero-order valence-corrected chi connectivity index (χ0v) is 20.9. The number of ether oxygens (including phenoxy) is 2. The molecule has 0 aliphatic heterocycles. The molecular formula is C25H28N5O6P. The van der Waals surface area contributed by atoms with Crippen molar-refractivity contribution in [3.63, 3.8) is 0 Å². The van der Waals surface area contributed by atoms with Gasteiger partial charge < -0.3 is 29.6 Å². The zero-order chi connectivity index (χ0) is 26.3. The van der Waals surface area contributed by atoms with Gasteiger partial charge >= 0.3 is 13.7 Å². The Morgan fingerprint density at radius 2 is 1.54 bits per heavy atom. The Bertz CT molecular complexity index is 1160. The van der Waals surface area contributed by atoms with Gasteiger partial charge in [0.15, 0.2) is 0 Å². The summed E-state index contributed by atoms with van der Waals surface area (Å²) in [5, 5.41) is 5.92. The maximum Gasteiger partial charge on any atom is 0.471 e. The summed E-state index contributed by atoms with van der Waals surface area (Å²) in [7, 11) is -4.15. The summed E-state index contributed by atoms with van der Waals surface area (Å²) in [6, 6.07) is 23.9. The average Bonchev–Trinajstić information content (AvgIpc) is 2.90. The van der Waals surface area contributed by atoms with Gasteiger partial charge in [0.25, 0.3) is 0 Å².